The predicted octanol–water partition coefficient (Wildman–Crippen LogP) is 3.34. The van der Waals surface area contributed by atoms with Gasteiger partial charge in [0, 0.05) is 17.3 Å². The van der Waals surface area contributed by atoms with Crippen LogP contribution >= 0.6 is 0 Å². The Labute approximate surface area is 98.7 Å². The number of rotatable bonds is 5. The summed E-state index contributed by atoms with van der Waals surface area (Å²) in [5.41, 5.74) is 1.20. The summed E-state index contributed by atoms with van der Waals surface area (Å²) < 4.78 is 0. The van der Waals surface area contributed by atoms with Gasteiger partial charge in [-0.1, -0.05) is 20.3 Å². The molecular formula is C13H23N3. The van der Waals surface area contributed by atoms with Crippen molar-refractivity contribution < 1.29 is 0 Å². The maximum Gasteiger partial charge on any atom is 0.130 e. The molecule has 1 N–H and O–H groups in total. The van der Waals surface area contributed by atoms with E-state index in [0.717, 1.165) is 30.2 Å². The lowest BCUT2D eigenvalue weighted by Gasteiger charge is -2.26. The number of aromatic nitrogens is 2. The molecule has 1 aromatic rings. The smallest absolute Gasteiger partial charge is 0.130 e. The Balaban J connectivity index is 2.84. The second-order valence-corrected chi connectivity index (χ2v) is 4.90. The van der Waals surface area contributed by atoms with E-state index in [4.69, 9.17) is 0 Å². The highest BCUT2D eigenvalue weighted by Gasteiger charge is 2.16. The molecule has 0 atom stereocenters. The molecule has 1 aromatic heterocycles. The molecule has 0 unspecified atom stereocenters. The lowest BCUT2D eigenvalue weighted by atomic mass is 9.99. The van der Waals surface area contributed by atoms with E-state index >= 15 is 0 Å². The first-order valence-corrected chi connectivity index (χ1v) is 6.09. The molecule has 0 saturated heterocycles. The third kappa shape index (κ3) is 3.80. The van der Waals surface area contributed by atoms with Crippen LogP contribution < -0.4 is 5.32 Å². The Hall–Kier alpha value is -1.12. The van der Waals surface area contributed by atoms with Crippen LogP contribution in [0, 0.1) is 6.92 Å². The van der Waals surface area contributed by atoms with Crippen molar-refractivity contribution in [2.75, 3.05) is 5.32 Å². The average Bonchev–Trinajstić information content (AvgIpc) is 2.15. The highest BCUT2D eigenvalue weighted by atomic mass is 15.1. The van der Waals surface area contributed by atoms with E-state index in [-0.39, 0.29) is 5.54 Å². The van der Waals surface area contributed by atoms with Crippen LogP contribution in [-0.2, 0) is 6.42 Å². The summed E-state index contributed by atoms with van der Waals surface area (Å²) in [7, 11) is 0. The van der Waals surface area contributed by atoms with Crippen LogP contribution in [0.3, 0.4) is 0 Å². The van der Waals surface area contributed by atoms with Crippen molar-refractivity contribution in [3.8, 4) is 0 Å². The van der Waals surface area contributed by atoms with Crippen LogP contribution in [0.5, 0.6) is 0 Å². The second kappa shape index (κ2) is 5.28. The van der Waals surface area contributed by atoms with E-state index in [1.54, 1.807) is 0 Å². The molecule has 16 heavy (non-hydrogen) atoms. The first-order valence-electron chi connectivity index (χ1n) is 6.09. The highest BCUT2D eigenvalue weighted by Crippen LogP contribution is 2.18. The number of hydrogen-bond donors (Lipinski definition) is 1. The molecule has 1 rings (SSSR count). The predicted molar refractivity (Wildman–Crippen MR) is 68.8 cm³/mol. The molecule has 0 aromatic carbocycles. The highest BCUT2D eigenvalue weighted by molar-refractivity contribution is 5.38. The number of nitrogens with zero attached hydrogens (tertiary/aromatic N) is 2. The molecule has 0 saturated carbocycles. The first kappa shape index (κ1) is 12.9. The van der Waals surface area contributed by atoms with Gasteiger partial charge in [-0.3, -0.25) is 0 Å². The van der Waals surface area contributed by atoms with Gasteiger partial charge in [0.25, 0.3) is 0 Å². The van der Waals surface area contributed by atoms with Gasteiger partial charge in [0.15, 0.2) is 0 Å². The molecule has 0 spiro atoms. The molecule has 3 heteroatoms. The zero-order valence-electron chi connectivity index (χ0n) is 11.1. The van der Waals surface area contributed by atoms with Crippen molar-refractivity contribution in [2.24, 2.45) is 0 Å². The Bertz CT molecular complexity index is 345. The summed E-state index contributed by atoms with van der Waals surface area (Å²) >= 11 is 0. The number of aryl methyl sites for hydroxylation is 2. The van der Waals surface area contributed by atoms with Crippen molar-refractivity contribution in [3.63, 3.8) is 0 Å². The minimum Gasteiger partial charge on any atom is -0.365 e. The second-order valence-electron chi connectivity index (χ2n) is 4.90. The van der Waals surface area contributed by atoms with Gasteiger partial charge < -0.3 is 5.32 Å². The van der Waals surface area contributed by atoms with Crippen LogP contribution in [0.2, 0.25) is 0 Å². The molecule has 0 aliphatic carbocycles. The molecular weight excluding hydrogens is 198 g/mol. The van der Waals surface area contributed by atoms with Gasteiger partial charge in [-0.05, 0) is 33.6 Å². The zero-order valence-corrected chi connectivity index (χ0v) is 11.1. The summed E-state index contributed by atoms with van der Waals surface area (Å²) in [6.07, 6.45) is 3.26. The van der Waals surface area contributed by atoms with Gasteiger partial charge in [-0.15, -0.1) is 0 Å². The van der Waals surface area contributed by atoms with Crippen molar-refractivity contribution in [1.29, 1.82) is 0 Å². The van der Waals surface area contributed by atoms with Gasteiger partial charge in [-0.25, -0.2) is 9.97 Å². The minimum absolute atomic E-state index is 0.0978. The summed E-state index contributed by atoms with van der Waals surface area (Å²) in [4.78, 5) is 8.80. The minimum atomic E-state index is 0.0978. The van der Waals surface area contributed by atoms with E-state index in [1.165, 1.54) is 6.42 Å². The lowest BCUT2D eigenvalue weighted by molar-refractivity contribution is 0.508. The van der Waals surface area contributed by atoms with Crippen LogP contribution in [0.1, 0.15) is 52.1 Å². The SMILES string of the molecule is CCCC(C)(C)Nc1cc(CC)nc(C)n1. The number of hydrogen-bond acceptors (Lipinski definition) is 3. The van der Waals surface area contributed by atoms with Crippen LogP contribution in [-0.4, -0.2) is 15.5 Å². The number of anilines is 1. The largest absolute Gasteiger partial charge is 0.365 e. The van der Waals surface area contributed by atoms with Crippen molar-refractivity contribution >= 4 is 5.82 Å². The van der Waals surface area contributed by atoms with E-state index in [0.29, 0.717) is 0 Å². The van der Waals surface area contributed by atoms with E-state index < -0.39 is 0 Å². The Morgan fingerprint density at radius 2 is 1.94 bits per heavy atom. The summed E-state index contributed by atoms with van der Waals surface area (Å²) in [6.45, 7) is 10.7. The van der Waals surface area contributed by atoms with Crippen molar-refractivity contribution in [3.05, 3.63) is 17.6 Å². The maximum atomic E-state index is 4.43. The standard InChI is InChI=1S/C13H23N3/c1-6-8-13(4,5)16-12-9-11(7-2)14-10(3)15-12/h9H,6-8H2,1-5H3,(H,14,15,16). The van der Waals surface area contributed by atoms with Gasteiger partial charge in [-0.2, -0.15) is 0 Å². The van der Waals surface area contributed by atoms with Crippen molar-refractivity contribution in [1.82, 2.24) is 9.97 Å². The third-order valence-electron chi connectivity index (χ3n) is 2.59. The van der Waals surface area contributed by atoms with Gasteiger partial charge in [0.05, 0.1) is 0 Å². The fourth-order valence-electron chi connectivity index (χ4n) is 1.91. The van der Waals surface area contributed by atoms with Crippen LogP contribution in [0.15, 0.2) is 6.07 Å². The average molecular weight is 221 g/mol. The van der Waals surface area contributed by atoms with E-state index in [9.17, 15) is 0 Å². The molecule has 0 radical (unpaired) electrons. The van der Waals surface area contributed by atoms with E-state index in [2.05, 4.69) is 43.0 Å². The van der Waals surface area contributed by atoms with Crippen LogP contribution in [0.4, 0.5) is 5.82 Å². The van der Waals surface area contributed by atoms with Gasteiger partial charge >= 0.3 is 0 Å². The molecule has 0 fully saturated rings. The Kier molecular flexibility index (Phi) is 4.27. The molecule has 1 heterocycles. The Morgan fingerprint density at radius 1 is 1.25 bits per heavy atom. The molecule has 0 bridgehead atoms. The molecule has 0 aliphatic rings. The van der Waals surface area contributed by atoms with E-state index in [1.807, 2.05) is 13.0 Å². The zero-order chi connectivity index (χ0) is 12.2. The van der Waals surface area contributed by atoms with Gasteiger partial charge in [0.2, 0.25) is 0 Å². The fourth-order valence-corrected chi connectivity index (χ4v) is 1.91. The molecule has 0 amide bonds. The lowest BCUT2D eigenvalue weighted by Crippen LogP contribution is -2.31. The quantitative estimate of drug-likeness (QED) is 0.828. The third-order valence-corrected chi connectivity index (χ3v) is 2.59. The summed E-state index contributed by atoms with van der Waals surface area (Å²) in [6, 6.07) is 2.05. The fraction of sp³-hybridized carbons (Fsp3) is 0.692. The van der Waals surface area contributed by atoms with Crippen LogP contribution in [0.25, 0.3) is 0 Å². The van der Waals surface area contributed by atoms with Gasteiger partial charge in [0.1, 0.15) is 11.6 Å². The van der Waals surface area contributed by atoms with Crippen molar-refractivity contribution in [2.45, 2.75) is 59.4 Å². The Morgan fingerprint density at radius 3 is 2.50 bits per heavy atom. The molecule has 0 aliphatic heterocycles. The first-order chi connectivity index (χ1) is 7.46. The monoisotopic (exact) mass is 221 g/mol. The maximum absolute atomic E-state index is 4.43. The topological polar surface area (TPSA) is 37.8 Å². The summed E-state index contributed by atoms with van der Waals surface area (Å²) in [5.74, 6) is 1.79. The summed E-state index contributed by atoms with van der Waals surface area (Å²) in [5, 5.41) is 3.48. The molecule has 3 nitrogen and oxygen atoms in total. The molecule has 90 valence electrons. The number of nitrogens with one attached hydrogen (secondary N) is 1. The normalized spacial score (nSPS) is 11.6.